The fourth-order valence-corrected chi connectivity index (χ4v) is 1.46. The van der Waals surface area contributed by atoms with Crippen molar-refractivity contribution in [2.45, 2.75) is 13.3 Å². The minimum absolute atomic E-state index is 0.0146. The molecule has 0 heterocycles. The third-order valence-corrected chi connectivity index (χ3v) is 2.39. The van der Waals surface area contributed by atoms with Gasteiger partial charge in [0.25, 0.3) is 10.2 Å². The van der Waals surface area contributed by atoms with Gasteiger partial charge in [0.05, 0.1) is 0 Å². The lowest BCUT2D eigenvalue weighted by molar-refractivity contribution is 0.317. The molecule has 0 aliphatic heterocycles. The van der Waals surface area contributed by atoms with Crippen molar-refractivity contribution in [1.82, 2.24) is 9.44 Å². The molecule has 0 aliphatic rings. The van der Waals surface area contributed by atoms with E-state index >= 15 is 0 Å². The van der Waals surface area contributed by atoms with E-state index in [0.29, 0.717) is 6.54 Å². The Balaban J connectivity index is 3.77. The molecule has 0 aromatic rings. The van der Waals surface area contributed by atoms with Crippen molar-refractivity contribution in [2.24, 2.45) is 10.9 Å². The summed E-state index contributed by atoms with van der Waals surface area (Å²) >= 11 is 0. The van der Waals surface area contributed by atoms with E-state index in [0.717, 1.165) is 0 Å². The average molecular weight is 210 g/mol. The maximum absolute atomic E-state index is 10.9. The van der Waals surface area contributed by atoms with Crippen LogP contribution in [0, 0.1) is 0 Å². The predicted molar refractivity (Wildman–Crippen MR) is 48.6 cm³/mol. The Morgan fingerprint density at radius 3 is 2.62 bits per heavy atom. The summed E-state index contributed by atoms with van der Waals surface area (Å²) in [7, 11) is -3.43. The Morgan fingerprint density at radius 1 is 1.54 bits per heavy atom. The molecule has 0 saturated heterocycles. The smallest absolute Gasteiger partial charge is 0.276 e. The highest BCUT2D eigenvalue weighted by atomic mass is 32.2. The molecule has 0 saturated carbocycles. The number of hydrogen-bond acceptors (Lipinski definition) is 4. The van der Waals surface area contributed by atoms with Gasteiger partial charge in [-0.3, -0.25) is 0 Å². The van der Waals surface area contributed by atoms with Crippen LogP contribution in [0.2, 0.25) is 0 Å². The zero-order valence-electron chi connectivity index (χ0n) is 7.32. The van der Waals surface area contributed by atoms with Gasteiger partial charge >= 0.3 is 0 Å². The van der Waals surface area contributed by atoms with E-state index in [-0.39, 0.29) is 18.8 Å². The number of nitrogens with one attached hydrogen (secondary N) is 2. The zero-order chi connectivity index (χ0) is 10.3. The normalized spacial score (nSPS) is 13.2. The summed E-state index contributed by atoms with van der Waals surface area (Å²) in [6, 6.07) is 0. The van der Waals surface area contributed by atoms with Crippen molar-refractivity contribution in [3.63, 3.8) is 0 Å². The minimum atomic E-state index is -3.43. The molecular weight excluding hydrogens is 196 g/mol. The molecule has 0 fully saturated rings. The Bertz CT molecular complexity index is 261. The molecule has 0 amide bonds. The molecule has 0 unspecified atom stereocenters. The van der Waals surface area contributed by atoms with Gasteiger partial charge in [-0.1, -0.05) is 12.1 Å². The molecule has 8 heteroatoms. The van der Waals surface area contributed by atoms with Crippen LogP contribution >= 0.6 is 0 Å². The molecule has 0 radical (unpaired) electrons. The monoisotopic (exact) mass is 210 g/mol. The highest BCUT2D eigenvalue weighted by Gasteiger charge is 2.06. The molecule has 7 nitrogen and oxygen atoms in total. The lowest BCUT2D eigenvalue weighted by Crippen LogP contribution is -2.37. The molecule has 0 spiro atoms. The van der Waals surface area contributed by atoms with Gasteiger partial charge in [-0.15, -0.1) is 0 Å². The highest BCUT2D eigenvalue weighted by Crippen LogP contribution is 1.80. The minimum Gasteiger partial charge on any atom is -0.409 e. The van der Waals surface area contributed by atoms with Gasteiger partial charge in [-0.2, -0.15) is 8.42 Å². The third kappa shape index (κ3) is 6.31. The molecule has 0 bridgehead atoms. The summed E-state index contributed by atoms with van der Waals surface area (Å²) in [5, 5.41) is 10.8. The van der Waals surface area contributed by atoms with Gasteiger partial charge in [-0.05, 0) is 0 Å². The van der Waals surface area contributed by atoms with Crippen molar-refractivity contribution < 1.29 is 13.6 Å². The molecule has 78 valence electrons. The van der Waals surface area contributed by atoms with Crippen LogP contribution in [0.4, 0.5) is 0 Å². The maximum Gasteiger partial charge on any atom is 0.276 e. The highest BCUT2D eigenvalue weighted by molar-refractivity contribution is 7.87. The van der Waals surface area contributed by atoms with Crippen LogP contribution in [-0.4, -0.2) is 32.6 Å². The molecule has 0 aromatic heterocycles. The summed E-state index contributed by atoms with van der Waals surface area (Å²) in [4.78, 5) is 0. The van der Waals surface area contributed by atoms with E-state index < -0.39 is 10.2 Å². The van der Waals surface area contributed by atoms with Crippen molar-refractivity contribution in [2.75, 3.05) is 13.1 Å². The van der Waals surface area contributed by atoms with Gasteiger partial charge in [0.1, 0.15) is 5.84 Å². The lowest BCUT2D eigenvalue weighted by Gasteiger charge is -2.05. The van der Waals surface area contributed by atoms with Crippen molar-refractivity contribution in [1.29, 1.82) is 0 Å². The van der Waals surface area contributed by atoms with Crippen LogP contribution in [0.3, 0.4) is 0 Å². The maximum atomic E-state index is 10.9. The lowest BCUT2D eigenvalue weighted by atomic mass is 10.4. The number of oxime groups is 1. The van der Waals surface area contributed by atoms with E-state index in [4.69, 9.17) is 10.9 Å². The van der Waals surface area contributed by atoms with E-state index in [9.17, 15) is 8.42 Å². The second kappa shape index (κ2) is 5.73. The van der Waals surface area contributed by atoms with Crippen LogP contribution in [0.5, 0.6) is 0 Å². The molecular formula is C5H14N4O3S. The third-order valence-electron chi connectivity index (χ3n) is 1.14. The van der Waals surface area contributed by atoms with Crippen LogP contribution in [0.25, 0.3) is 0 Å². The molecule has 0 rings (SSSR count). The van der Waals surface area contributed by atoms with Crippen LogP contribution < -0.4 is 15.2 Å². The molecule has 5 N–H and O–H groups in total. The molecule has 0 aromatic carbocycles. The summed E-state index contributed by atoms with van der Waals surface area (Å²) in [6.45, 7) is 2.09. The van der Waals surface area contributed by atoms with Crippen LogP contribution in [0.15, 0.2) is 5.16 Å². The van der Waals surface area contributed by atoms with Crippen LogP contribution in [0.1, 0.15) is 13.3 Å². The summed E-state index contributed by atoms with van der Waals surface area (Å²) < 4.78 is 26.3. The number of nitrogens with two attached hydrogens (primary N) is 1. The second-order valence-electron chi connectivity index (χ2n) is 2.24. The Morgan fingerprint density at radius 2 is 2.15 bits per heavy atom. The first-order valence-electron chi connectivity index (χ1n) is 3.72. The number of hydrogen-bond donors (Lipinski definition) is 4. The van der Waals surface area contributed by atoms with Gasteiger partial charge in [0, 0.05) is 19.5 Å². The van der Waals surface area contributed by atoms with Crippen molar-refractivity contribution in [3.05, 3.63) is 0 Å². The van der Waals surface area contributed by atoms with E-state index in [1.54, 1.807) is 6.92 Å². The molecule has 13 heavy (non-hydrogen) atoms. The second-order valence-corrected chi connectivity index (χ2v) is 3.82. The van der Waals surface area contributed by atoms with Gasteiger partial charge in [-0.25, -0.2) is 9.44 Å². The van der Waals surface area contributed by atoms with Crippen molar-refractivity contribution >= 4 is 16.0 Å². The Hall–Kier alpha value is -0.860. The average Bonchev–Trinajstić information content (AvgIpc) is 2.03. The first-order chi connectivity index (χ1) is 6.02. The fourth-order valence-electron chi connectivity index (χ4n) is 0.605. The van der Waals surface area contributed by atoms with E-state index in [1.807, 2.05) is 0 Å². The molecule has 0 atom stereocenters. The van der Waals surface area contributed by atoms with Gasteiger partial charge in [0.15, 0.2) is 0 Å². The fraction of sp³-hybridized carbons (Fsp3) is 0.800. The number of rotatable bonds is 6. The number of amidine groups is 1. The van der Waals surface area contributed by atoms with Crippen molar-refractivity contribution in [3.8, 4) is 0 Å². The Labute approximate surface area is 77.2 Å². The number of nitrogens with zero attached hydrogens (tertiary/aromatic N) is 1. The summed E-state index contributed by atoms with van der Waals surface area (Å²) in [5.74, 6) is -0.0146. The van der Waals surface area contributed by atoms with E-state index in [1.165, 1.54) is 0 Å². The van der Waals surface area contributed by atoms with Gasteiger partial charge in [0.2, 0.25) is 0 Å². The Kier molecular flexibility index (Phi) is 5.35. The predicted octanol–water partition coefficient (Wildman–Crippen LogP) is -1.43. The summed E-state index contributed by atoms with van der Waals surface area (Å²) in [5.41, 5.74) is 5.12. The molecule has 0 aliphatic carbocycles. The van der Waals surface area contributed by atoms with Gasteiger partial charge < -0.3 is 10.9 Å². The first kappa shape index (κ1) is 12.1. The topological polar surface area (TPSA) is 117 Å². The quantitative estimate of drug-likeness (QED) is 0.186. The summed E-state index contributed by atoms with van der Waals surface area (Å²) in [6.07, 6.45) is 0.168. The zero-order valence-corrected chi connectivity index (χ0v) is 8.13. The first-order valence-corrected chi connectivity index (χ1v) is 5.20. The standard InChI is InChI=1S/C5H14N4O3S/c1-2-7-13(11,12)8-4-3-5(6)9-10/h7-8,10H,2-4H2,1H3,(H2,6,9). The van der Waals surface area contributed by atoms with Crippen LogP contribution in [-0.2, 0) is 10.2 Å². The SMILES string of the molecule is CCNS(=O)(=O)NCCC(N)=NO. The largest absolute Gasteiger partial charge is 0.409 e. The van der Waals surface area contributed by atoms with E-state index in [2.05, 4.69) is 14.6 Å².